The van der Waals surface area contributed by atoms with Gasteiger partial charge in [-0.15, -0.1) is 0 Å². The van der Waals surface area contributed by atoms with Gasteiger partial charge in [0, 0.05) is 25.3 Å². The minimum absolute atomic E-state index is 0.0786. The summed E-state index contributed by atoms with van der Waals surface area (Å²) in [7, 11) is 1.63. The van der Waals surface area contributed by atoms with Crippen molar-refractivity contribution in [2.75, 3.05) is 45.3 Å². The molecule has 29 heavy (non-hydrogen) atoms. The van der Waals surface area contributed by atoms with Crippen LogP contribution >= 0.6 is 0 Å². The maximum atomic E-state index is 12.4. The maximum Gasteiger partial charge on any atom is 0.313 e. The average molecular weight is 397 g/mol. The molecule has 3 rings (SSSR count). The summed E-state index contributed by atoms with van der Waals surface area (Å²) < 4.78 is 10.8. The Balaban J connectivity index is 1.66. The summed E-state index contributed by atoms with van der Waals surface area (Å²) in [6.07, 6.45) is 0. The molecule has 0 spiro atoms. The number of nitrogens with zero attached hydrogens (tertiary/aromatic N) is 1. The molecule has 1 aliphatic heterocycles. The molecule has 7 nitrogen and oxygen atoms in total. The van der Waals surface area contributed by atoms with Crippen molar-refractivity contribution in [2.45, 2.75) is 13.0 Å². The van der Waals surface area contributed by atoms with E-state index in [9.17, 15) is 9.59 Å². The van der Waals surface area contributed by atoms with Crippen LogP contribution in [0.5, 0.6) is 5.75 Å². The summed E-state index contributed by atoms with van der Waals surface area (Å²) in [6, 6.07) is 15.0. The van der Waals surface area contributed by atoms with Crippen LogP contribution in [0, 0.1) is 6.92 Å². The standard InChI is InChI=1S/C22H27N3O4/c1-16-6-8-18(9-7-16)24-22(27)21(26)23-15-20(25-10-12-29-13-11-25)17-4-3-5-19(14-17)28-2/h3-9,14,20H,10-13,15H2,1-2H3,(H,23,26)(H,24,27)/t20-/m0/s1. The van der Waals surface area contributed by atoms with Crippen molar-refractivity contribution in [3.63, 3.8) is 0 Å². The zero-order chi connectivity index (χ0) is 20.6. The Kier molecular flexibility index (Phi) is 7.21. The van der Waals surface area contributed by atoms with E-state index in [2.05, 4.69) is 15.5 Å². The van der Waals surface area contributed by atoms with Gasteiger partial charge in [0.15, 0.2) is 0 Å². The van der Waals surface area contributed by atoms with Crippen LogP contribution in [-0.2, 0) is 14.3 Å². The first kappa shape index (κ1) is 20.8. The van der Waals surface area contributed by atoms with Gasteiger partial charge in [-0.3, -0.25) is 14.5 Å². The first-order valence-corrected chi connectivity index (χ1v) is 9.68. The van der Waals surface area contributed by atoms with E-state index < -0.39 is 11.8 Å². The van der Waals surface area contributed by atoms with E-state index in [1.165, 1.54) is 0 Å². The van der Waals surface area contributed by atoms with E-state index in [4.69, 9.17) is 9.47 Å². The third-order valence-electron chi connectivity index (χ3n) is 4.94. The SMILES string of the molecule is COc1cccc([C@H](CNC(=O)C(=O)Nc2ccc(C)cc2)N2CCOCC2)c1. The van der Waals surface area contributed by atoms with Crippen molar-refractivity contribution in [1.82, 2.24) is 10.2 Å². The number of carbonyl (C=O) groups is 2. The lowest BCUT2D eigenvalue weighted by atomic mass is 10.0. The second-order valence-electron chi connectivity index (χ2n) is 6.97. The zero-order valence-corrected chi connectivity index (χ0v) is 16.8. The molecule has 0 aromatic heterocycles. The van der Waals surface area contributed by atoms with Crippen LogP contribution < -0.4 is 15.4 Å². The summed E-state index contributed by atoms with van der Waals surface area (Å²) in [4.78, 5) is 26.9. The lowest BCUT2D eigenvalue weighted by Gasteiger charge is -2.35. The number of rotatable bonds is 6. The Morgan fingerprint density at radius 1 is 1.10 bits per heavy atom. The number of amides is 2. The second-order valence-corrected chi connectivity index (χ2v) is 6.97. The molecule has 0 unspecified atom stereocenters. The van der Waals surface area contributed by atoms with Crippen molar-refractivity contribution in [3.05, 3.63) is 59.7 Å². The van der Waals surface area contributed by atoms with Gasteiger partial charge in [-0.05, 0) is 36.8 Å². The summed E-state index contributed by atoms with van der Waals surface area (Å²) in [5.74, 6) is -0.587. The molecule has 2 N–H and O–H groups in total. The van der Waals surface area contributed by atoms with E-state index in [0.29, 0.717) is 25.4 Å². The fourth-order valence-corrected chi connectivity index (χ4v) is 3.29. The van der Waals surface area contributed by atoms with Gasteiger partial charge < -0.3 is 20.1 Å². The minimum Gasteiger partial charge on any atom is -0.497 e. The van der Waals surface area contributed by atoms with Gasteiger partial charge >= 0.3 is 11.8 Å². The van der Waals surface area contributed by atoms with Gasteiger partial charge in [0.1, 0.15) is 5.75 Å². The molecule has 1 heterocycles. The summed E-state index contributed by atoms with van der Waals surface area (Å²) in [6.45, 7) is 5.07. The van der Waals surface area contributed by atoms with Crippen molar-refractivity contribution in [2.24, 2.45) is 0 Å². The quantitative estimate of drug-likeness (QED) is 0.730. The normalized spacial score (nSPS) is 15.4. The highest BCUT2D eigenvalue weighted by Crippen LogP contribution is 2.24. The Labute approximate surface area is 171 Å². The molecule has 0 aliphatic carbocycles. The molecule has 2 amide bonds. The number of benzene rings is 2. The van der Waals surface area contributed by atoms with Crippen molar-refractivity contribution in [3.8, 4) is 5.75 Å². The average Bonchev–Trinajstić information content (AvgIpc) is 2.76. The summed E-state index contributed by atoms with van der Waals surface area (Å²) >= 11 is 0. The third-order valence-corrected chi connectivity index (χ3v) is 4.94. The molecule has 1 saturated heterocycles. The van der Waals surface area contributed by atoms with Crippen LogP contribution in [-0.4, -0.2) is 56.7 Å². The first-order chi connectivity index (χ1) is 14.1. The van der Waals surface area contributed by atoms with Crippen LogP contribution in [0.2, 0.25) is 0 Å². The second kappa shape index (κ2) is 10.0. The lowest BCUT2D eigenvalue weighted by Crippen LogP contribution is -2.45. The Morgan fingerprint density at radius 3 is 2.52 bits per heavy atom. The van der Waals surface area contributed by atoms with E-state index in [-0.39, 0.29) is 6.04 Å². The molecule has 0 radical (unpaired) electrons. The topological polar surface area (TPSA) is 79.9 Å². The number of nitrogens with one attached hydrogen (secondary N) is 2. The highest BCUT2D eigenvalue weighted by Gasteiger charge is 2.25. The molecule has 7 heteroatoms. The van der Waals surface area contributed by atoms with Crippen LogP contribution in [0.1, 0.15) is 17.2 Å². The molecular formula is C22H27N3O4. The monoisotopic (exact) mass is 397 g/mol. The third kappa shape index (κ3) is 5.79. The van der Waals surface area contributed by atoms with Crippen LogP contribution in [0.3, 0.4) is 0 Å². The molecule has 0 saturated carbocycles. The van der Waals surface area contributed by atoms with Crippen molar-refractivity contribution >= 4 is 17.5 Å². The molecule has 1 atom stereocenters. The van der Waals surface area contributed by atoms with Gasteiger partial charge in [-0.1, -0.05) is 29.8 Å². The predicted molar refractivity (Wildman–Crippen MR) is 111 cm³/mol. The van der Waals surface area contributed by atoms with Gasteiger partial charge in [0.05, 0.1) is 26.4 Å². The molecule has 2 aromatic rings. The highest BCUT2D eigenvalue weighted by atomic mass is 16.5. The van der Waals surface area contributed by atoms with E-state index in [1.54, 1.807) is 19.2 Å². The minimum atomic E-state index is -0.680. The Morgan fingerprint density at radius 2 is 1.83 bits per heavy atom. The first-order valence-electron chi connectivity index (χ1n) is 9.68. The van der Waals surface area contributed by atoms with Gasteiger partial charge in [0.2, 0.25) is 0 Å². The Hall–Kier alpha value is -2.90. The zero-order valence-electron chi connectivity index (χ0n) is 16.8. The predicted octanol–water partition coefficient (Wildman–Crippen LogP) is 2.13. The van der Waals surface area contributed by atoms with Crippen LogP contribution in [0.4, 0.5) is 5.69 Å². The molecule has 2 aromatic carbocycles. The van der Waals surface area contributed by atoms with E-state index >= 15 is 0 Å². The molecular weight excluding hydrogens is 370 g/mol. The summed E-state index contributed by atoms with van der Waals surface area (Å²) in [5.41, 5.74) is 2.69. The number of methoxy groups -OCH3 is 1. The molecule has 154 valence electrons. The summed E-state index contributed by atoms with van der Waals surface area (Å²) in [5, 5.41) is 5.40. The fourth-order valence-electron chi connectivity index (χ4n) is 3.29. The Bertz CT molecular complexity index is 832. The number of hydrogen-bond donors (Lipinski definition) is 2. The van der Waals surface area contributed by atoms with E-state index in [0.717, 1.165) is 30.0 Å². The molecule has 1 fully saturated rings. The molecule has 1 aliphatic rings. The largest absolute Gasteiger partial charge is 0.497 e. The van der Waals surface area contributed by atoms with Gasteiger partial charge in [-0.2, -0.15) is 0 Å². The number of aryl methyl sites for hydroxylation is 1. The number of carbonyl (C=O) groups excluding carboxylic acids is 2. The highest BCUT2D eigenvalue weighted by molar-refractivity contribution is 6.39. The van der Waals surface area contributed by atoms with Gasteiger partial charge in [0.25, 0.3) is 0 Å². The maximum absolute atomic E-state index is 12.4. The van der Waals surface area contributed by atoms with Crippen LogP contribution in [0.15, 0.2) is 48.5 Å². The fraction of sp³-hybridized carbons (Fsp3) is 0.364. The van der Waals surface area contributed by atoms with Crippen LogP contribution in [0.25, 0.3) is 0 Å². The molecule has 0 bridgehead atoms. The number of anilines is 1. The van der Waals surface area contributed by atoms with Gasteiger partial charge in [-0.25, -0.2) is 0 Å². The lowest BCUT2D eigenvalue weighted by molar-refractivity contribution is -0.136. The number of ether oxygens (including phenoxy) is 2. The number of morpholine rings is 1. The van der Waals surface area contributed by atoms with E-state index in [1.807, 2.05) is 43.3 Å². The smallest absolute Gasteiger partial charge is 0.313 e. The number of hydrogen-bond acceptors (Lipinski definition) is 5. The van der Waals surface area contributed by atoms with Crippen molar-refractivity contribution < 1.29 is 19.1 Å². The van der Waals surface area contributed by atoms with Crippen molar-refractivity contribution in [1.29, 1.82) is 0 Å².